The van der Waals surface area contributed by atoms with Crippen molar-refractivity contribution in [3.63, 3.8) is 0 Å². The summed E-state index contributed by atoms with van der Waals surface area (Å²) < 4.78 is 0. The third-order valence-electron chi connectivity index (χ3n) is 2.90. The predicted octanol–water partition coefficient (Wildman–Crippen LogP) is 2.18. The second-order valence-corrected chi connectivity index (χ2v) is 4.32. The van der Waals surface area contributed by atoms with Crippen LogP contribution in [0, 0.1) is 5.92 Å². The molecule has 1 aliphatic heterocycles. The van der Waals surface area contributed by atoms with Gasteiger partial charge in [0.05, 0.1) is 0 Å². The van der Waals surface area contributed by atoms with E-state index in [-0.39, 0.29) is 5.91 Å². The van der Waals surface area contributed by atoms with Crippen LogP contribution >= 0.6 is 0 Å². The van der Waals surface area contributed by atoms with Crippen molar-refractivity contribution in [2.24, 2.45) is 5.92 Å². The zero-order valence-corrected chi connectivity index (χ0v) is 9.86. The molecule has 0 aliphatic carbocycles. The lowest BCUT2D eigenvalue weighted by Crippen LogP contribution is -2.28. The van der Waals surface area contributed by atoms with E-state index in [1.165, 1.54) is 12.8 Å². The first-order chi connectivity index (χ1) is 8.34. The Labute approximate surface area is 102 Å². The Balaban J connectivity index is 1.82. The van der Waals surface area contributed by atoms with Gasteiger partial charge < -0.3 is 10.6 Å². The largest absolute Gasteiger partial charge is 0.323 e. The standard InChI is InChI=1S/C14H18N2O/c17-14(16-13-6-2-1-3-7-13)9-8-12-5-4-10-15-11-12/h1-3,6-9,12,15H,4-5,10-11H2,(H,16,17). The van der Waals surface area contributed by atoms with Crippen molar-refractivity contribution in [2.75, 3.05) is 18.4 Å². The number of piperidine rings is 1. The van der Waals surface area contributed by atoms with E-state index >= 15 is 0 Å². The molecule has 1 aromatic rings. The van der Waals surface area contributed by atoms with Gasteiger partial charge in [-0.25, -0.2) is 0 Å². The number of amides is 1. The molecule has 1 aromatic carbocycles. The van der Waals surface area contributed by atoms with Gasteiger partial charge in [-0.3, -0.25) is 4.79 Å². The second-order valence-electron chi connectivity index (χ2n) is 4.32. The number of nitrogens with one attached hydrogen (secondary N) is 2. The number of para-hydroxylation sites is 1. The second kappa shape index (κ2) is 6.21. The van der Waals surface area contributed by atoms with Crippen LogP contribution < -0.4 is 10.6 Å². The first kappa shape index (κ1) is 11.9. The quantitative estimate of drug-likeness (QED) is 0.781. The van der Waals surface area contributed by atoms with Crippen molar-refractivity contribution in [3.05, 3.63) is 42.5 Å². The van der Waals surface area contributed by atoms with Crippen molar-refractivity contribution < 1.29 is 4.79 Å². The van der Waals surface area contributed by atoms with E-state index in [1.54, 1.807) is 6.08 Å². The van der Waals surface area contributed by atoms with Crippen LogP contribution in [0.2, 0.25) is 0 Å². The van der Waals surface area contributed by atoms with E-state index in [2.05, 4.69) is 10.6 Å². The molecule has 1 atom stereocenters. The van der Waals surface area contributed by atoms with Crippen LogP contribution in [0.3, 0.4) is 0 Å². The van der Waals surface area contributed by atoms with Crippen LogP contribution in [0.4, 0.5) is 5.69 Å². The van der Waals surface area contributed by atoms with E-state index < -0.39 is 0 Å². The Morgan fingerprint density at radius 2 is 2.18 bits per heavy atom. The first-order valence-corrected chi connectivity index (χ1v) is 6.09. The molecule has 0 bridgehead atoms. The minimum Gasteiger partial charge on any atom is -0.323 e. The van der Waals surface area contributed by atoms with E-state index in [1.807, 2.05) is 36.4 Å². The van der Waals surface area contributed by atoms with E-state index in [0.29, 0.717) is 5.92 Å². The maximum atomic E-state index is 11.6. The van der Waals surface area contributed by atoms with Gasteiger partial charge in [-0.2, -0.15) is 0 Å². The topological polar surface area (TPSA) is 41.1 Å². The number of carbonyl (C=O) groups is 1. The van der Waals surface area contributed by atoms with Gasteiger partial charge in [0.25, 0.3) is 0 Å². The zero-order valence-electron chi connectivity index (χ0n) is 9.86. The Hall–Kier alpha value is -1.61. The number of rotatable bonds is 3. The highest BCUT2D eigenvalue weighted by molar-refractivity contribution is 5.99. The average Bonchev–Trinajstić information content (AvgIpc) is 2.39. The lowest BCUT2D eigenvalue weighted by Gasteiger charge is -2.19. The minimum atomic E-state index is -0.0539. The molecule has 1 fully saturated rings. The zero-order chi connectivity index (χ0) is 11.9. The molecule has 90 valence electrons. The monoisotopic (exact) mass is 230 g/mol. The van der Waals surface area contributed by atoms with Gasteiger partial charge in [-0.1, -0.05) is 24.3 Å². The number of benzene rings is 1. The molecule has 1 saturated heterocycles. The average molecular weight is 230 g/mol. The summed E-state index contributed by atoms with van der Waals surface area (Å²) in [6.07, 6.45) is 6.01. The highest BCUT2D eigenvalue weighted by atomic mass is 16.1. The van der Waals surface area contributed by atoms with Crippen LogP contribution in [0.15, 0.2) is 42.5 Å². The van der Waals surface area contributed by atoms with E-state index in [9.17, 15) is 4.79 Å². The van der Waals surface area contributed by atoms with Crippen molar-refractivity contribution in [2.45, 2.75) is 12.8 Å². The van der Waals surface area contributed by atoms with Gasteiger partial charge in [-0.15, -0.1) is 0 Å². The highest BCUT2D eigenvalue weighted by Gasteiger charge is 2.09. The fourth-order valence-corrected chi connectivity index (χ4v) is 1.97. The summed E-state index contributed by atoms with van der Waals surface area (Å²) in [6, 6.07) is 9.51. The molecule has 1 amide bonds. The molecule has 3 heteroatoms. The molecule has 1 unspecified atom stereocenters. The van der Waals surface area contributed by atoms with Gasteiger partial charge in [0.15, 0.2) is 0 Å². The lowest BCUT2D eigenvalue weighted by atomic mass is 9.99. The van der Waals surface area contributed by atoms with Gasteiger partial charge >= 0.3 is 0 Å². The fourth-order valence-electron chi connectivity index (χ4n) is 1.97. The summed E-state index contributed by atoms with van der Waals surface area (Å²) in [4.78, 5) is 11.6. The molecule has 2 rings (SSSR count). The van der Waals surface area contributed by atoms with Gasteiger partial charge in [-0.05, 0) is 43.5 Å². The summed E-state index contributed by atoms with van der Waals surface area (Å²) in [5, 5.41) is 6.16. The number of hydrogen-bond acceptors (Lipinski definition) is 2. The SMILES string of the molecule is O=C(C=CC1CCCNC1)Nc1ccccc1. The van der Waals surface area contributed by atoms with Crippen LogP contribution in [0.1, 0.15) is 12.8 Å². The Morgan fingerprint density at radius 3 is 2.88 bits per heavy atom. The summed E-state index contributed by atoms with van der Waals surface area (Å²) in [6.45, 7) is 2.08. The summed E-state index contributed by atoms with van der Waals surface area (Å²) in [5.74, 6) is 0.437. The van der Waals surface area contributed by atoms with Crippen LogP contribution in [-0.2, 0) is 4.79 Å². The molecule has 0 aromatic heterocycles. The molecule has 0 spiro atoms. The molecule has 2 N–H and O–H groups in total. The molecule has 3 nitrogen and oxygen atoms in total. The van der Waals surface area contributed by atoms with Crippen LogP contribution in [0.25, 0.3) is 0 Å². The third-order valence-corrected chi connectivity index (χ3v) is 2.90. The highest BCUT2D eigenvalue weighted by Crippen LogP contribution is 2.11. The van der Waals surface area contributed by atoms with Crippen LogP contribution in [-0.4, -0.2) is 19.0 Å². The Morgan fingerprint density at radius 1 is 1.35 bits per heavy atom. The van der Waals surface area contributed by atoms with Crippen LogP contribution in [0.5, 0.6) is 0 Å². The van der Waals surface area contributed by atoms with Crippen molar-refractivity contribution in [1.82, 2.24) is 5.32 Å². The van der Waals surface area contributed by atoms with Crippen molar-refractivity contribution in [1.29, 1.82) is 0 Å². The number of carbonyl (C=O) groups excluding carboxylic acids is 1. The maximum Gasteiger partial charge on any atom is 0.248 e. The molecule has 0 radical (unpaired) electrons. The molecule has 0 saturated carbocycles. The summed E-state index contributed by atoms with van der Waals surface area (Å²) >= 11 is 0. The minimum absolute atomic E-state index is 0.0539. The van der Waals surface area contributed by atoms with E-state index in [0.717, 1.165) is 18.8 Å². The molecular weight excluding hydrogens is 212 g/mol. The third kappa shape index (κ3) is 4.04. The first-order valence-electron chi connectivity index (χ1n) is 6.09. The Kier molecular flexibility index (Phi) is 4.33. The number of hydrogen-bond donors (Lipinski definition) is 2. The van der Waals surface area contributed by atoms with Crippen molar-refractivity contribution >= 4 is 11.6 Å². The number of anilines is 1. The maximum absolute atomic E-state index is 11.6. The fraction of sp³-hybridized carbons (Fsp3) is 0.357. The summed E-state index contributed by atoms with van der Waals surface area (Å²) in [5.41, 5.74) is 0.837. The van der Waals surface area contributed by atoms with Gasteiger partial charge in [0, 0.05) is 12.2 Å². The molecule has 1 heterocycles. The van der Waals surface area contributed by atoms with Gasteiger partial charge in [0.1, 0.15) is 0 Å². The lowest BCUT2D eigenvalue weighted by molar-refractivity contribution is -0.111. The molecular formula is C14H18N2O. The predicted molar refractivity (Wildman–Crippen MR) is 69.8 cm³/mol. The normalized spacial score (nSPS) is 20.4. The Bertz CT molecular complexity index is 380. The van der Waals surface area contributed by atoms with E-state index in [4.69, 9.17) is 0 Å². The van der Waals surface area contributed by atoms with Gasteiger partial charge in [0.2, 0.25) is 5.91 Å². The molecule has 17 heavy (non-hydrogen) atoms. The van der Waals surface area contributed by atoms with Crippen molar-refractivity contribution in [3.8, 4) is 0 Å². The molecule has 1 aliphatic rings. The summed E-state index contributed by atoms with van der Waals surface area (Å²) in [7, 11) is 0. The smallest absolute Gasteiger partial charge is 0.248 e.